The molecule has 0 fully saturated rings. The van der Waals surface area contributed by atoms with Gasteiger partial charge in [0.1, 0.15) is 5.75 Å². The number of amides is 2. The largest absolute Gasteiger partial charge is 0.490 e. The van der Waals surface area contributed by atoms with Crippen LogP contribution in [0.4, 0.5) is 18.9 Å². The Morgan fingerprint density at radius 3 is 2.50 bits per heavy atom. The van der Waals surface area contributed by atoms with Crippen molar-refractivity contribution in [3.05, 3.63) is 54.1 Å². The number of sulfonamides is 1. The lowest BCUT2D eigenvalue weighted by Gasteiger charge is -2.35. The van der Waals surface area contributed by atoms with Crippen molar-refractivity contribution in [1.82, 2.24) is 9.21 Å². The number of anilines is 1. The van der Waals surface area contributed by atoms with Crippen LogP contribution in [0.15, 0.2) is 53.4 Å². The van der Waals surface area contributed by atoms with Gasteiger partial charge in [-0.2, -0.15) is 17.5 Å². The third-order valence-electron chi connectivity index (χ3n) is 7.86. The second-order valence-corrected chi connectivity index (χ2v) is 13.8. The molecule has 2 aromatic carbocycles. The number of aliphatic hydroxyl groups is 1. The highest BCUT2D eigenvalue weighted by Crippen LogP contribution is 2.29. The summed E-state index contributed by atoms with van der Waals surface area (Å²) in [4.78, 5) is 28.0. The predicted molar refractivity (Wildman–Crippen MR) is 167 cm³/mol. The first-order chi connectivity index (χ1) is 21.6. The van der Waals surface area contributed by atoms with Gasteiger partial charge in [-0.05, 0) is 63.4 Å². The summed E-state index contributed by atoms with van der Waals surface area (Å²) in [6.45, 7) is 5.39. The summed E-state index contributed by atoms with van der Waals surface area (Å²) in [5.41, 5.74) is 0.182. The third kappa shape index (κ3) is 10.7. The molecule has 0 bridgehead atoms. The summed E-state index contributed by atoms with van der Waals surface area (Å²) >= 11 is 0. The number of rotatable bonds is 9. The van der Waals surface area contributed by atoms with E-state index in [1.807, 2.05) is 13.8 Å². The molecule has 0 unspecified atom stereocenters. The van der Waals surface area contributed by atoms with Gasteiger partial charge in [-0.3, -0.25) is 9.59 Å². The molecule has 256 valence electrons. The van der Waals surface area contributed by atoms with Crippen LogP contribution in [0.1, 0.15) is 63.2 Å². The van der Waals surface area contributed by atoms with Gasteiger partial charge in [-0.25, -0.2) is 8.42 Å². The monoisotopic (exact) mass is 671 g/mol. The number of hydrogen-bond donors (Lipinski definition) is 2. The predicted octanol–water partition coefficient (Wildman–Crippen LogP) is 5.08. The van der Waals surface area contributed by atoms with E-state index in [9.17, 15) is 36.3 Å². The van der Waals surface area contributed by atoms with Crippen molar-refractivity contribution in [2.75, 3.05) is 38.7 Å². The van der Waals surface area contributed by atoms with Crippen molar-refractivity contribution in [1.29, 1.82) is 0 Å². The van der Waals surface area contributed by atoms with E-state index >= 15 is 0 Å². The van der Waals surface area contributed by atoms with E-state index in [0.717, 1.165) is 6.42 Å². The number of nitrogens with one attached hydrogen (secondary N) is 1. The third-order valence-corrected chi connectivity index (χ3v) is 9.70. The van der Waals surface area contributed by atoms with Gasteiger partial charge in [-0.15, -0.1) is 0 Å². The first-order valence-corrected chi connectivity index (χ1v) is 16.8. The van der Waals surface area contributed by atoms with Crippen LogP contribution < -0.4 is 10.1 Å². The second-order valence-electron chi connectivity index (χ2n) is 11.8. The number of alkyl halides is 3. The Labute approximate surface area is 268 Å². The van der Waals surface area contributed by atoms with Crippen molar-refractivity contribution < 1.29 is 45.8 Å². The second kappa shape index (κ2) is 16.6. The average molecular weight is 672 g/mol. The minimum Gasteiger partial charge on any atom is -0.490 e. The van der Waals surface area contributed by atoms with Gasteiger partial charge < -0.3 is 24.8 Å². The molecule has 0 spiro atoms. The molecule has 0 radical (unpaired) electrons. The van der Waals surface area contributed by atoms with E-state index < -0.39 is 58.9 Å². The average Bonchev–Trinajstić information content (AvgIpc) is 3.01. The van der Waals surface area contributed by atoms with Gasteiger partial charge in [0.05, 0.1) is 41.7 Å². The molecule has 0 saturated heterocycles. The lowest BCUT2D eigenvalue weighted by molar-refractivity contribution is -0.142. The molecule has 1 aliphatic heterocycles. The fraction of sp³-hybridized carbons (Fsp3) is 0.562. The van der Waals surface area contributed by atoms with E-state index in [4.69, 9.17) is 9.47 Å². The summed E-state index contributed by atoms with van der Waals surface area (Å²) in [5, 5.41) is 12.5. The maximum Gasteiger partial charge on any atom is 0.389 e. The zero-order valence-corrected chi connectivity index (χ0v) is 27.4. The van der Waals surface area contributed by atoms with Crippen LogP contribution in [0.25, 0.3) is 0 Å². The molecule has 0 saturated carbocycles. The Morgan fingerprint density at radius 2 is 1.85 bits per heavy atom. The van der Waals surface area contributed by atoms with Crippen LogP contribution in [0.2, 0.25) is 0 Å². The normalized spacial score (nSPS) is 21.2. The number of halogens is 3. The summed E-state index contributed by atoms with van der Waals surface area (Å²) in [6.07, 6.45) is -5.46. The number of fused-ring (bicyclic) bond motifs is 1. The zero-order valence-electron chi connectivity index (χ0n) is 26.6. The number of nitrogens with zero attached hydrogens (tertiary/aromatic N) is 2. The summed E-state index contributed by atoms with van der Waals surface area (Å²) in [7, 11) is -2.35. The van der Waals surface area contributed by atoms with Crippen LogP contribution in [0.5, 0.6) is 5.75 Å². The van der Waals surface area contributed by atoms with Crippen molar-refractivity contribution in [3.63, 3.8) is 0 Å². The smallest absolute Gasteiger partial charge is 0.389 e. The first kappa shape index (κ1) is 37.3. The lowest BCUT2D eigenvalue weighted by Crippen LogP contribution is -2.48. The number of benzene rings is 2. The molecule has 46 heavy (non-hydrogen) atoms. The molecule has 14 heteroatoms. The van der Waals surface area contributed by atoms with Gasteiger partial charge in [0.2, 0.25) is 15.9 Å². The Hall–Kier alpha value is -3.20. The maximum atomic E-state index is 14.2. The zero-order chi connectivity index (χ0) is 34.1. The fourth-order valence-electron chi connectivity index (χ4n) is 5.07. The number of hydrogen-bond acceptors (Lipinski definition) is 7. The van der Waals surface area contributed by atoms with Gasteiger partial charge in [0, 0.05) is 44.8 Å². The number of carbonyl (C=O) groups excluding carboxylic acids is 2. The van der Waals surface area contributed by atoms with Crippen LogP contribution >= 0.6 is 0 Å². The molecular weight excluding hydrogens is 627 g/mol. The standard InChI is InChI=1S/C32H44F3N3O7S/c1-22-19-38(23(2)21-39)31(41)27-18-25(36-30(40)15-16-32(33,34)35)13-14-28(27)45-24(3)10-8-9-17-44-29(22)20-37(4)46(42,43)26-11-6-5-7-12-26/h5-7,11-14,18,22-24,29,39H,8-10,15-17,19-21H2,1-4H3,(H,36,40)/t22-,23-,24+,29+/m0/s1. The Balaban J connectivity index is 1.94. The Kier molecular flexibility index (Phi) is 13.4. The molecule has 2 amide bonds. The maximum absolute atomic E-state index is 14.2. The summed E-state index contributed by atoms with van der Waals surface area (Å²) in [5.74, 6) is -1.57. The molecular formula is C32H44F3N3O7S. The SMILES string of the molecule is C[C@@H]1CCCCO[C@H](CN(C)S(=O)(=O)c2ccccc2)[C@@H](C)CN([C@@H](C)CO)C(=O)c2cc(NC(=O)CCC(F)(F)F)ccc2O1. The molecule has 0 aromatic heterocycles. The molecule has 10 nitrogen and oxygen atoms in total. The Bertz CT molecular complexity index is 1410. The van der Waals surface area contributed by atoms with Gasteiger partial charge >= 0.3 is 6.18 Å². The van der Waals surface area contributed by atoms with E-state index in [2.05, 4.69) is 5.32 Å². The quantitative estimate of drug-likeness (QED) is 0.381. The first-order valence-electron chi connectivity index (χ1n) is 15.3. The number of likely N-dealkylation sites (N-methyl/N-ethyl adjacent to an activating group) is 1. The molecule has 4 atom stereocenters. The molecule has 1 aliphatic rings. The minimum absolute atomic E-state index is 0.0120. The van der Waals surface area contributed by atoms with Crippen LogP contribution in [-0.4, -0.2) is 92.3 Å². The summed E-state index contributed by atoms with van der Waals surface area (Å²) in [6, 6.07) is 11.7. The van der Waals surface area contributed by atoms with Gasteiger partial charge in [-0.1, -0.05) is 25.1 Å². The lowest BCUT2D eigenvalue weighted by atomic mass is 10.0. The number of ether oxygens (including phenoxy) is 2. The topological polar surface area (TPSA) is 125 Å². The summed E-state index contributed by atoms with van der Waals surface area (Å²) < 4.78 is 78.1. The minimum atomic E-state index is -4.49. The Morgan fingerprint density at radius 1 is 1.15 bits per heavy atom. The van der Waals surface area contributed by atoms with E-state index in [0.29, 0.717) is 19.4 Å². The van der Waals surface area contributed by atoms with E-state index in [1.54, 1.807) is 25.1 Å². The molecule has 2 N–H and O–H groups in total. The highest BCUT2D eigenvalue weighted by Gasteiger charge is 2.33. The van der Waals surface area contributed by atoms with E-state index in [1.165, 1.54) is 46.6 Å². The van der Waals surface area contributed by atoms with Crippen molar-refractivity contribution in [3.8, 4) is 5.75 Å². The van der Waals surface area contributed by atoms with Crippen LogP contribution in [0, 0.1) is 5.92 Å². The van der Waals surface area contributed by atoms with E-state index in [-0.39, 0.29) is 47.7 Å². The van der Waals surface area contributed by atoms with Crippen molar-refractivity contribution in [2.24, 2.45) is 5.92 Å². The highest BCUT2D eigenvalue weighted by molar-refractivity contribution is 7.89. The molecule has 1 heterocycles. The highest BCUT2D eigenvalue weighted by atomic mass is 32.2. The van der Waals surface area contributed by atoms with Crippen LogP contribution in [-0.2, 0) is 19.6 Å². The molecule has 2 aromatic rings. The molecule has 3 rings (SSSR count). The van der Waals surface area contributed by atoms with Gasteiger partial charge in [0.25, 0.3) is 5.91 Å². The number of aliphatic hydroxyl groups excluding tert-OH is 1. The van der Waals surface area contributed by atoms with Crippen molar-refractivity contribution in [2.45, 2.75) is 82.2 Å². The fourth-order valence-corrected chi connectivity index (χ4v) is 6.27. The van der Waals surface area contributed by atoms with Gasteiger partial charge in [0.15, 0.2) is 0 Å². The van der Waals surface area contributed by atoms with Crippen molar-refractivity contribution >= 4 is 27.5 Å². The number of carbonyl (C=O) groups is 2. The van der Waals surface area contributed by atoms with Crippen LogP contribution in [0.3, 0.4) is 0 Å². The molecule has 0 aliphatic carbocycles.